The Morgan fingerprint density at radius 2 is 1.62 bits per heavy atom. The lowest BCUT2D eigenvalue weighted by atomic mass is 10.1. The largest absolute Gasteiger partial charge is 0.454 e. The third-order valence-corrected chi connectivity index (χ3v) is 6.12. The number of carbonyl (C=O) groups is 1. The monoisotopic (exact) mass is 480 g/mol. The molecule has 0 atom stereocenters. The van der Waals surface area contributed by atoms with E-state index in [0.717, 1.165) is 27.4 Å². The van der Waals surface area contributed by atoms with E-state index in [1.165, 1.54) is 0 Å². The smallest absolute Gasteiger partial charge is 0.266 e. The molecule has 0 aliphatic carbocycles. The number of furan rings is 1. The number of para-hydroxylation sites is 2. The molecule has 0 saturated heterocycles. The number of anilines is 1. The predicted molar refractivity (Wildman–Crippen MR) is 145 cm³/mol. The van der Waals surface area contributed by atoms with Crippen LogP contribution in [0.15, 0.2) is 119 Å². The number of nitrogens with one attached hydrogen (secondary N) is 1. The summed E-state index contributed by atoms with van der Waals surface area (Å²) in [4.78, 5) is 13.2. The van der Waals surface area contributed by atoms with Crippen molar-refractivity contribution in [3.8, 4) is 23.2 Å². The quantitative estimate of drug-likeness (QED) is 0.213. The topological polar surface area (TPSA) is 83.8 Å². The van der Waals surface area contributed by atoms with E-state index >= 15 is 0 Å². The van der Waals surface area contributed by atoms with Gasteiger partial charge in [-0.1, -0.05) is 72.8 Å². The van der Waals surface area contributed by atoms with Crippen molar-refractivity contribution in [1.29, 1.82) is 5.26 Å². The Morgan fingerprint density at radius 3 is 2.43 bits per heavy atom. The van der Waals surface area contributed by atoms with Gasteiger partial charge in [0, 0.05) is 28.2 Å². The Hall–Kier alpha value is -5.41. The van der Waals surface area contributed by atoms with Crippen molar-refractivity contribution in [2.45, 2.75) is 0 Å². The lowest BCUT2D eigenvalue weighted by Crippen LogP contribution is -2.13. The molecule has 0 aliphatic heterocycles. The lowest BCUT2D eigenvalue weighted by Gasteiger charge is -2.08. The maximum absolute atomic E-state index is 13.2. The highest BCUT2D eigenvalue weighted by atomic mass is 16.3. The second-order valence-electron chi connectivity index (χ2n) is 8.51. The average Bonchev–Trinajstić information content (AvgIpc) is 3.56. The Labute approximate surface area is 212 Å². The standard InChI is InChI=1S/C31H20N4O2/c32-19-23(31(36)33-27-15-8-11-21-9-4-6-14-26(21)27)17-24-20-35(25-12-2-1-3-13-25)34-30(24)29-18-22-10-5-7-16-28(22)37-29/h1-18,20H,(H,33,36). The van der Waals surface area contributed by atoms with Crippen molar-refractivity contribution in [2.75, 3.05) is 5.32 Å². The van der Waals surface area contributed by atoms with E-state index in [4.69, 9.17) is 9.52 Å². The van der Waals surface area contributed by atoms with Crippen LogP contribution in [0.25, 0.3) is 45.0 Å². The van der Waals surface area contributed by atoms with Gasteiger partial charge in [-0.3, -0.25) is 4.79 Å². The van der Waals surface area contributed by atoms with Crippen molar-refractivity contribution in [2.24, 2.45) is 0 Å². The van der Waals surface area contributed by atoms with E-state index in [2.05, 4.69) is 11.4 Å². The lowest BCUT2D eigenvalue weighted by molar-refractivity contribution is -0.112. The van der Waals surface area contributed by atoms with Crippen LogP contribution >= 0.6 is 0 Å². The molecular weight excluding hydrogens is 460 g/mol. The first-order chi connectivity index (χ1) is 18.2. The zero-order valence-electron chi connectivity index (χ0n) is 19.6. The molecule has 6 rings (SSSR count). The van der Waals surface area contributed by atoms with Gasteiger partial charge in [-0.15, -0.1) is 0 Å². The first-order valence-corrected chi connectivity index (χ1v) is 11.7. The fraction of sp³-hybridized carbons (Fsp3) is 0. The van der Waals surface area contributed by atoms with Crippen molar-refractivity contribution in [1.82, 2.24) is 9.78 Å². The van der Waals surface area contributed by atoms with Gasteiger partial charge in [-0.2, -0.15) is 10.4 Å². The maximum atomic E-state index is 13.2. The van der Waals surface area contributed by atoms with Crippen LogP contribution in [0.1, 0.15) is 5.56 Å². The molecule has 0 aliphatic rings. The molecule has 0 unspecified atom stereocenters. The number of amides is 1. The number of rotatable bonds is 5. The van der Waals surface area contributed by atoms with Crippen LogP contribution in [-0.2, 0) is 4.79 Å². The molecule has 6 nitrogen and oxygen atoms in total. The summed E-state index contributed by atoms with van der Waals surface area (Å²) >= 11 is 0. The number of carbonyl (C=O) groups excluding carboxylic acids is 1. The Morgan fingerprint density at radius 1 is 0.892 bits per heavy atom. The molecule has 2 heterocycles. The normalized spacial score (nSPS) is 11.5. The van der Waals surface area contributed by atoms with Crippen molar-refractivity contribution < 1.29 is 9.21 Å². The van der Waals surface area contributed by atoms with Gasteiger partial charge in [0.15, 0.2) is 5.76 Å². The van der Waals surface area contributed by atoms with Crippen LogP contribution in [0, 0.1) is 11.3 Å². The van der Waals surface area contributed by atoms with Gasteiger partial charge < -0.3 is 9.73 Å². The van der Waals surface area contributed by atoms with Crippen molar-refractivity contribution >= 4 is 39.4 Å². The van der Waals surface area contributed by atoms with Crippen LogP contribution in [0.2, 0.25) is 0 Å². The minimum atomic E-state index is -0.498. The number of nitrogens with zero attached hydrogens (tertiary/aromatic N) is 3. The van der Waals surface area contributed by atoms with Crippen LogP contribution in [0.4, 0.5) is 5.69 Å². The molecule has 0 bridgehead atoms. The van der Waals surface area contributed by atoms with Gasteiger partial charge in [-0.05, 0) is 41.8 Å². The highest BCUT2D eigenvalue weighted by Gasteiger charge is 2.18. The molecule has 1 amide bonds. The van der Waals surface area contributed by atoms with Crippen LogP contribution in [0.5, 0.6) is 0 Å². The zero-order chi connectivity index (χ0) is 25.2. The van der Waals surface area contributed by atoms with Gasteiger partial charge in [-0.25, -0.2) is 4.68 Å². The van der Waals surface area contributed by atoms with E-state index < -0.39 is 5.91 Å². The Balaban J connectivity index is 1.42. The number of hydrogen-bond acceptors (Lipinski definition) is 4. The summed E-state index contributed by atoms with van der Waals surface area (Å²) < 4.78 is 7.79. The van der Waals surface area contributed by atoms with E-state index in [-0.39, 0.29) is 5.57 Å². The summed E-state index contributed by atoms with van der Waals surface area (Å²) in [7, 11) is 0. The van der Waals surface area contributed by atoms with E-state index in [1.807, 2.05) is 103 Å². The molecule has 0 saturated carbocycles. The average molecular weight is 481 g/mol. The summed E-state index contributed by atoms with van der Waals surface area (Å²) in [5, 5.41) is 20.4. The number of aromatic nitrogens is 2. The first kappa shape index (κ1) is 22.1. The molecule has 0 fully saturated rings. The molecule has 37 heavy (non-hydrogen) atoms. The maximum Gasteiger partial charge on any atom is 0.266 e. The molecule has 1 N–H and O–H groups in total. The zero-order valence-corrected chi connectivity index (χ0v) is 19.6. The Bertz CT molecular complexity index is 1800. The van der Waals surface area contributed by atoms with Gasteiger partial charge >= 0.3 is 0 Å². The summed E-state index contributed by atoms with van der Waals surface area (Å²) in [6.07, 6.45) is 3.34. The van der Waals surface area contributed by atoms with Gasteiger partial charge in [0.1, 0.15) is 22.9 Å². The van der Waals surface area contributed by atoms with Crippen LogP contribution in [-0.4, -0.2) is 15.7 Å². The molecule has 2 aromatic heterocycles. The third kappa shape index (κ3) is 4.26. The van der Waals surface area contributed by atoms with Gasteiger partial charge in [0.25, 0.3) is 5.91 Å². The van der Waals surface area contributed by atoms with Crippen LogP contribution < -0.4 is 5.32 Å². The molecule has 176 valence electrons. The highest BCUT2D eigenvalue weighted by molar-refractivity contribution is 6.13. The minimum absolute atomic E-state index is 0.0436. The minimum Gasteiger partial charge on any atom is -0.454 e. The SMILES string of the molecule is N#CC(=Cc1cn(-c2ccccc2)nc1-c1cc2ccccc2o1)C(=O)Nc1cccc2ccccc12. The van der Waals surface area contributed by atoms with E-state index in [1.54, 1.807) is 17.0 Å². The molecule has 0 spiro atoms. The molecule has 6 aromatic rings. The van der Waals surface area contributed by atoms with Crippen molar-refractivity contribution in [3.63, 3.8) is 0 Å². The number of fused-ring (bicyclic) bond motifs is 2. The number of nitriles is 1. The summed E-state index contributed by atoms with van der Waals surface area (Å²) in [5.41, 5.74) is 3.30. The van der Waals surface area contributed by atoms with E-state index in [0.29, 0.717) is 22.7 Å². The number of benzene rings is 4. The summed E-state index contributed by atoms with van der Waals surface area (Å²) in [6, 6.07) is 34.7. The van der Waals surface area contributed by atoms with E-state index in [9.17, 15) is 10.1 Å². The second kappa shape index (κ2) is 9.33. The summed E-state index contributed by atoms with van der Waals surface area (Å²) in [5.74, 6) is 0.0516. The Kier molecular flexibility index (Phi) is 5.57. The highest BCUT2D eigenvalue weighted by Crippen LogP contribution is 2.31. The molecule has 4 aromatic carbocycles. The predicted octanol–water partition coefficient (Wildman–Crippen LogP) is 6.98. The summed E-state index contributed by atoms with van der Waals surface area (Å²) in [6.45, 7) is 0. The van der Waals surface area contributed by atoms with Crippen molar-refractivity contribution in [3.05, 3.63) is 120 Å². The number of hydrogen-bond donors (Lipinski definition) is 1. The molecular formula is C31H20N4O2. The fourth-order valence-electron chi connectivity index (χ4n) is 4.32. The second-order valence-corrected chi connectivity index (χ2v) is 8.51. The fourth-order valence-corrected chi connectivity index (χ4v) is 4.32. The first-order valence-electron chi connectivity index (χ1n) is 11.7. The van der Waals surface area contributed by atoms with Gasteiger partial charge in [0.05, 0.1) is 5.69 Å². The molecule has 6 heteroatoms. The van der Waals surface area contributed by atoms with Crippen LogP contribution in [0.3, 0.4) is 0 Å². The molecule has 0 radical (unpaired) electrons. The third-order valence-electron chi connectivity index (χ3n) is 6.12. The van der Waals surface area contributed by atoms with Gasteiger partial charge in [0.2, 0.25) is 0 Å².